The Bertz CT molecular complexity index is 1670. The highest BCUT2D eigenvalue weighted by atomic mass is 16.5. The SMILES string of the molecule is O=C1C=C2Cc3cccc(c3OCC(=O)O)Cc3cccc(c3OCC(=O)O)Cc3cccc(c3OCC(=O)O)CC(=C1)C2=O. The van der Waals surface area contributed by atoms with Crippen molar-refractivity contribution in [2.24, 2.45) is 0 Å². The summed E-state index contributed by atoms with van der Waals surface area (Å²) in [5.74, 6) is -3.64. The summed E-state index contributed by atoms with van der Waals surface area (Å²) in [6, 6.07) is 15.5. The van der Waals surface area contributed by atoms with Crippen LogP contribution in [0.4, 0.5) is 0 Å². The summed E-state index contributed by atoms with van der Waals surface area (Å²) in [4.78, 5) is 61.0. The lowest BCUT2D eigenvalue weighted by atomic mass is 9.86. The van der Waals surface area contributed by atoms with E-state index in [-0.39, 0.29) is 54.1 Å². The van der Waals surface area contributed by atoms with Crippen LogP contribution in [0.1, 0.15) is 33.4 Å². The van der Waals surface area contributed by atoms with Crippen molar-refractivity contribution >= 4 is 29.5 Å². The summed E-state index contributed by atoms with van der Waals surface area (Å²) in [7, 11) is 0. The molecule has 11 heteroatoms. The van der Waals surface area contributed by atoms with Crippen LogP contribution in [0, 0.1) is 0 Å². The van der Waals surface area contributed by atoms with Crippen LogP contribution < -0.4 is 14.2 Å². The van der Waals surface area contributed by atoms with Gasteiger partial charge in [0.15, 0.2) is 31.4 Å². The van der Waals surface area contributed by atoms with Gasteiger partial charge in [0.25, 0.3) is 0 Å². The van der Waals surface area contributed by atoms with E-state index in [0.717, 1.165) is 0 Å². The zero-order chi connectivity index (χ0) is 32.1. The summed E-state index contributed by atoms with van der Waals surface area (Å²) >= 11 is 0. The molecule has 0 atom stereocenters. The molecule has 5 rings (SSSR count). The van der Waals surface area contributed by atoms with Crippen molar-refractivity contribution < 1.29 is 53.5 Å². The first-order chi connectivity index (χ1) is 21.6. The zero-order valence-electron chi connectivity index (χ0n) is 23.9. The molecule has 0 saturated carbocycles. The summed E-state index contributed by atoms with van der Waals surface area (Å²) in [6.45, 7) is -1.94. The van der Waals surface area contributed by atoms with Gasteiger partial charge in [0.2, 0.25) is 0 Å². The van der Waals surface area contributed by atoms with E-state index in [2.05, 4.69) is 0 Å². The number of carboxylic acids is 3. The first-order valence-electron chi connectivity index (χ1n) is 13.9. The number of Topliss-reactive ketones (excluding diaryl/α,β-unsaturated/α-hetero) is 1. The van der Waals surface area contributed by atoms with Gasteiger partial charge in [0, 0.05) is 36.8 Å². The molecule has 3 aromatic carbocycles. The van der Waals surface area contributed by atoms with Crippen molar-refractivity contribution in [2.75, 3.05) is 19.8 Å². The van der Waals surface area contributed by atoms with Crippen molar-refractivity contribution in [2.45, 2.75) is 25.7 Å². The molecule has 0 heterocycles. The lowest BCUT2D eigenvalue weighted by Gasteiger charge is -2.22. The van der Waals surface area contributed by atoms with Crippen LogP contribution in [-0.4, -0.2) is 64.6 Å². The van der Waals surface area contributed by atoms with Gasteiger partial charge in [-0.05, 0) is 45.5 Å². The van der Waals surface area contributed by atoms with Gasteiger partial charge in [-0.2, -0.15) is 0 Å². The molecule has 0 amide bonds. The Balaban J connectivity index is 1.72. The summed E-state index contributed by atoms with van der Waals surface area (Å²) in [5, 5.41) is 28.2. The van der Waals surface area contributed by atoms with E-state index in [1.807, 2.05) is 0 Å². The highest BCUT2D eigenvalue weighted by Gasteiger charge is 2.27. The third kappa shape index (κ3) is 7.27. The maximum Gasteiger partial charge on any atom is 0.341 e. The molecule has 2 aliphatic carbocycles. The number of para-hydroxylation sites is 3. The normalized spacial score (nSPS) is 14.1. The van der Waals surface area contributed by atoms with Crippen LogP contribution in [0.2, 0.25) is 0 Å². The third-order valence-corrected chi connectivity index (χ3v) is 7.29. The van der Waals surface area contributed by atoms with E-state index in [0.29, 0.717) is 39.1 Å². The van der Waals surface area contributed by atoms with E-state index in [4.69, 9.17) is 14.2 Å². The number of carbonyl (C=O) groups is 5. The van der Waals surface area contributed by atoms with Gasteiger partial charge in [-0.25, -0.2) is 14.4 Å². The highest BCUT2D eigenvalue weighted by Crippen LogP contribution is 2.37. The molecule has 230 valence electrons. The molecule has 0 saturated heterocycles. The fraction of sp³-hybridized carbons (Fsp3) is 0.206. The second-order valence-electron chi connectivity index (χ2n) is 10.5. The van der Waals surface area contributed by atoms with Crippen molar-refractivity contribution in [3.8, 4) is 17.2 Å². The Morgan fingerprint density at radius 1 is 0.511 bits per heavy atom. The van der Waals surface area contributed by atoms with Crippen molar-refractivity contribution in [3.05, 3.63) is 111 Å². The van der Waals surface area contributed by atoms with Crippen molar-refractivity contribution in [1.82, 2.24) is 0 Å². The number of carbonyl (C=O) groups excluding carboxylic acids is 2. The number of ether oxygens (including phenoxy) is 3. The first-order valence-corrected chi connectivity index (χ1v) is 13.9. The van der Waals surface area contributed by atoms with E-state index in [1.165, 1.54) is 12.2 Å². The number of fused-ring (bicyclic) bond motifs is 8. The van der Waals surface area contributed by atoms with E-state index < -0.39 is 43.5 Å². The largest absolute Gasteiger partial charge is 0.481 e. The molecule has 0 aliphatic heterocycles. The molecule has 0 radical (unpaired) electrons. The fourth-order valence-corrected chi connectivity index (χ4v) is 5.51. The van der Waals surface area contributed by atoms with Gasteiger partial charge in [0.1, 0.15) is 17.2 Å². The van der Waals surface area contributed by atoms with Crippen LogP contribution in [0.15, 0.2) is 77.9 Å². The van der Waals surface area contributed by atoms with Crippen molar-refractivity contribution in [3.63, 3.8) is 0 Å². The minimum Gasteiger partial charge on any atom is -0.481 e. The summed E-state index contributed by atoms with van der Waals surface area (Å²) in [5.41, 5.74) is 3.58. The third-order valence-electron chi connectivity index (χ3n) is 7.29. The Morgan fingerprint density at radius 2 is 0.800 bits per heavy atom. The molecule has 2 aliphatic rings. The Hall–Kier alpha value is -5.71. The smallest absolute Gasteiger partial charge is 0.341 e. The predicted molar refractivity (Wildman–Crippen MR) is 158 cm³/mol. The number of hydrogen-bond acceptors (Lipinski definition) is 8. The van der Waals surface area contributed by atoms with Gasteiger partial charge >= 0.3 is 17.9 Å². The topological polar surface area (TPSA) is 174 Å². The quantitative estimate of drug-likeness (QED) is 0.302. The van der Waals surface area contributed by atoms with Gasteiger partial charge < -0.3 is 29.5 Å². The monoisotopic (exact) mass is 612 g/mol. The Morgan fingerprint density at radius 3 is 1.09 bits per heavy atom. The summed E-state index contributed by atoms with van der Waals surface area (Å²) < 4.78 is 17.3. The number of ketones is 2. The minimum absolute atomic E-state index is 0.0322. The van der Waals surface area contributed by atoms with Gasteiger partial charge in [-0.1, -0.05) is 54.6 Å². The number of benzene rings is 3. The van der Waals surface area contributed by atoms with Gasteiger partial charge in [-0.3, -0.25) is 9.59 Å². The van der Waals surface area contributed by atoms with Crippen LogP contribution in [-0.2, 0) is 49.7 Å². The van der Waals surface area contributed by atoms with Gasteiger partial charge in [-0.15, -0.1) is 0 Å². The first kappa shape index (κ1) is 30.7. The maximum atomic E-state index is 13.7. The Kier molecular flexibility index (Phi) is 9.08. The molecule has 0 unspecified atom stereocenters. The molecule has 11 nitrogen and oxygen atoms in total. The lowest BCUT2D eigenvalue weighted by Crippen LogP contribution is -2.19. The molecule has 8 bridgehead atoms. The number of aliphatic carboxylic acids is 3. The number of hydrogen-bond donors (Lipinski definition) is 3. The number of rotatable bonds is 9. The molecule has 0 spiro atoms. The van der Waals surface area contributed by atoms with Crippen LogP contribution in [0.3, 0.4) is 0 Å². The van der Waals surface area contributed by atoms with E-state index in [9.17, 15) is 39.3 Å². The molecule has 0 aromatic heterocycles. The van der Waals surface area contributed by atoms with Crippen LogP contribution in [0.25, 0.3) is 0 Å². The lowest BCUT2D eigenvalue weighted by molar-refractivity contribution is -0.140. The van der Waals surface area contributed by atoms with Crippen molar-refractivity contribution in [1.29, 1.82) is 0 Å². The predicted octanol–water partition coefficient (Wildman–Crippen LogP) is 3.36. The highest BCUT2D eigenvalue weighted by molar-refractivity contribution is 6.20. The molecule has 45 heavy (non-hydrogen) atoms. The Labute approximate surface area is 257 Å². The zero-order valence-corrected chi connectivity index (χ0v) is 23.9. The van der Waals surface area contributed by atoms with E-state index in [1.54, 1.807) is 54.6 Å². The summed E-state index contributed by atoms with van der Waals surface area (Å²) in [6.07, 6.45) is 2.70. The van der Waals surface area contributed by atoms with E-state index >= 15 is 0 Å². The van der Waals surface area contributed by atoms with Gasteiger partial charge in [0.05, 0.1) is 0 Å². The molecular formula is C34H28O11. The molecule has 3 aromatic rings. The number of allylic oxidation sites excluding steroid dienone is 4. The fourth-order valence-electron chi connectivity index (χ4n) is 5.51. The average Bonchev–Trinajstić information content (AvgIpc) is 2.97. The molecule has 0 fully saturated rings. The molecule has 3 N–H and O–H groups in total. The average molecular weight is 613 g/mol. The second kappa shape index (κ2) is 13.3. The maximum absolute atomic E-state index is 13.7. The minimum atomic E-state index is -1.21. The molecular weight excluding hydrogens is 584 g/mol. The van der Waals surface area contributed by atoms with Crippen LogP contribution in [0.5, 0.6) is 17.2 Å². The number of carboxylic acid groups (broad SMARTS) is 3. The second-order valence-corrected chi connectivity index (χ2v) is 10.5. The van der Waals surface area contributed by atoms with Crippen LogP contribution >= 0.6 is 0 Å². The standard InChI is InChI=1S/C34H28O11/c35-27-14-25-12-23-8-2-6-21(33(23)44-17-29(38)39)10-19-4-1-5-20(32(19)43-16-28(36)37)11-22-7-3-9-24(13-26(15-27)31(25)42)34(22)45-18-30(40)41/h1-9,14-15H,10-13,16-18H2,(H,36,37)(H,38,39)(H,40,41).